The van der Waals surface area contributed by atoms with E-state index in [-0.39, 0.29) is 26.6 Å². The number of sulfone groups is 1. The molecule has 0 bridgehead atoms. The number of hydrogen-bond donors (Lipinski definition) is 2. The van der Waals surface area contributed by atoms with Gasteiger partial charge in [0, 0.05) is 6.54 Å². The average molecular weight is 327 g/mol. The van der Waals surface area contributed by atoms with E-state index in [0.717, 1.165) is 24.3 Å². The highest BCUT2D eigenvalue weighted by atomic mass is 32.2. The lowest BCUT2D eigenvalue weighted by Gasteiger charge is -2.41. The van der Waals surface area contributed by atoms with Crippen molar-refractivity contribution < 1.29 is 8.42 Å². The molecular formula is C14H21N3O2S2. The topological polar surface area (TPSA) is 96.0 Å². The summed E-state index contributed by atoms with van der Waals surface area (Å²) in [5.41, 5.74) is 6.22. The Balaban J connectivity index is 2.33. The van der Waals surface area contributed by atoms with Crippen molar-refractivity contribution in [1.82, 2.24) is 0 Å². The lowest BCUT2D eigenvalue weighted by molar-refractivity contribution is 0.145. The molecule has 3 N–H and O–H groups in total. The van der Waals surface area contributed by atoms with Crippen LogP contribution in [-0.2, 0) is 9.84 Å². The molecule has 0 aromatic carbocycles. The third-order valence-electron chi connectivity index (χ3n) is 4.48. The van der Waals surface area contributed by atoms with E-state index in [1.807, 2.05) is 6.07 Å². The summed E-state index contributed by atoms with van der Waals surface area (Å²) in [4.78, 5) is 0.376. The van der Waals surface area contributed by atoms with Gasteiger partial charge >= 0.3 is 0 Å². The molecule has 1 aliphatic rings. The van der Waals surface area contributed by atoms with E-state index in [2.05, 4.69) is 12.2 Å². The predicted octanol–water partition coefficient (Wildman–Crippen LogP) is 2.99. The number of nitrogens with one attached hydrogen (secondary N) is 1. The molecule has 0 aliphatic heterocycles. The van der Waals surface area contributed by atoms with Crippen molar-refractivity contribution in [1.29, 1.82) is 5.26 Å². The summed E-state index contributed by atoms with van der Waals surface area (Å²) in [6.45, 7) is 4.48. The van der Waals surface area contributed by atoms with Crippen LogP contribution in [0.2, 0.25) is 0 Å². The quantitative estimate of drug-likeness (QED) is 0.837. The van der Waals surface area contributed by atoms with Crippen molar-refractivity contribution in [3.8, 4) is 6.07 Å². The summed E-state index contributed by atoms with van der Waals surface area (Å²) < 4.78 is 24.5. The maximum atomic E-state index is 12.2. The zero-order valence-corrected chi connectivity index (χ0v) is 14.0. The van der Waals surface area contributed by atoms with Crippen LogP contribution < -0.4 is 11.1 Å². The van der Waals surface area contributed by atoms with Gasteiger partial charge in [0.05, 0.1) is 11.4 Å². The van der Waals surface area contributed by atoms with E-state index in [1.165, 1.54) is 19.3 Å². The molecule has 0 saturated heterocycles. The lowest BCUT2D eigenvalue weighted by atomic mass is 9.67. The van der Waals surface area contributed by atoms with Crippen LogP contribution in [0.1, 0.15) is 44.4 Å². The molecule has 5 nitrogen and oxygen atoms in total. The first kappa shape index (κ1) is 16.1. The van der Waals surface area contributed by atoms with E-state index in [0.29, 0.717) is 5.00 Å². The number of thiophene rings is 1. The highest BCUT2D eigenvalue weighted by Crippen LogP contribution is 2.45. The predicted molar refractivity (Wildman–Crippen MR) is 86.2 cm³/mol. The molecule has 0 spiro atoms. The van der Waals surface area contributed by atoms with Gasteiger partial charge < -0.3 is 11.1 Å². The van der Waals surface area contributed by atoms with Crippen LogP contribution in [0, 0.1) is 16.7 Å². The maximum absolute atomic E-state index is 12.2. The molecule has 2 rings (SSSR count). The Hall–Kier alpha value is -1.26. The first-order valence-corrected chi connectivity index (χ1v) is 9.65. The van der Waals surface area contributed by atoms with Gasteiger partial charge in [0.15, 0.2) is 9.84 Å². The summed E-state index contributed by atoms with van der Waals surface area (Å²) in [5.74, 6) is -0.0214. The number of rotatable bonds is 6. The summed E-state index contributed by atoms with van der Waals surface area (Å²) >= 11 is 1.14. The van der Waals surface area contributed by atoms with E-state index < -0.39 is 9.84 Å². The summed E-state index contributed by atoms with van der Waals surface area (Å²) in [5, 5.41) is 12.9. The molecule has 1 aromatic rings. The van der Waals surface area contributed by atoms with Crippen LogP contribution in [0.25, 0.3) is 0 Å². The highest BCUT2D eigenvalue weighted by molar-refractivity contribution is 7.91. The summed E-state index contributed by atoms with van der Waals surface area (Å²) in [7, 11) is -3.44. The fraction of sp³-hybridized carbons (Fsp3) is 0.643. The highest BCUT2D eigenvalue weighted by Gasteiger charge is 2.36. The second-order valence-electron chi connectivity index (χ2n) is 5.58. The Morgan fingerprint density at radius 3 is 2.52 bits per heavy atom. The fourth-order valence-electron chi connectivity index (χ4n) is 2.68. The molecule has 1 aromatic heterocycles. The molecule has 1 fully saturated rings. The summed E-state index contributed by atoms with van der Waals surface area (Å²) in [6, 6.07) is 1.98. The Bertz CT molecular complexity index is 662. The molecule has 0 unspecified atom stereocenters. The lowest BCUT2D eigenvalue weighted by Crippen LogP contribution is -2.35. The van der Waals surface area contributed by atoms with Crippen molar-refractivity contribution in [3.05, 3.63) is 4.88 Å². The molecule has 7 heteroatoms. The minimum atomic E-state index is -3.44. The van der Waals surface area contributed by atoms with Gasteiger partial charge in [0.2, 0.25) is 0 Å². The average Bonchev–Trinajstić information content (AvgIpc) is 2.75. The summed E-state index contributed by atoms with van der Waals surface area (Å²) in [6.07, 6.45) is 4.63. The van der Waals surface area contributed by atoms with Crippen LogP contribution in [-0.4, -0.2) is 20.7 Å². The van der Waals surface area contributed by atoms with Crippen LogP contribution in [0.5, 0.6) is 0 Å². The number of nitrogens with two attached hydrogens (primary N) is 1. The second kappa shape index (κ2) is 5.85. The van der Waals surface area contributed by atoms with Gasteiger partial charge in [-0.15, -0.1) is 11.3 Å². The van der Waals surface area contributed by atoms with Gasteiger partial charge in [-0.05, 0) is 24.7 Å². The Kier molecular flexibility index (Phi) is 4.49. The first-order valence-electron chi connectivity index (χ1n) is 7.18. The zero-order valence-electron chi connectivity index (χ0n) is 12.4. The molecular weight excluding hydrogens is 306 g/mol. The number of hydrogen-bond acceptors (Lipinski definition) is 6. The number of nitrogens with zero attached hydrogens (tertiary/aromatic N) is 1. The van der Waals surface area contributed by atoms with E-state index in [9.17, 15) is 8.42 Å². The third kappa shape index (κ3) is 2.87. The molecule has 116 valence electrons. The minimum absolute atomic E-state index is 0.0214. The van der Waals surface area contributed by atoms with Gasteiger partial charge in [-0.2, -0.15) is 5.26 Å². The van der Waals surface area contributed by atoms with Crippen molar-refractivity contribution >= 4 is 31.9 Å². The van der Waals surface area contributed by atoms with Gasteiger partial charge in [0.1, 0.15) is 20.8 Å². The van der Waals surface area contributed by atoms with E-state index >= 15 is 0 Å². The van der Waals surface area contributed by atoms with Crippen LogP contribution in [0.4, 0.5) is 10.7 Å². The van der Waals surface area contributed by atoms with Crippen molar-refractivity contribution in [2.24, 2.45) is 5.41 Å². The monoisotopic (exact) mass is 327 g/mol. The van der Waals surface area contributed by atoms with Crippen LogP contribution in [0.3, 0.4) is 0 Å². The van der Waals surface area contributed by atoms with Crippen molar-refractivity contribution in [2.75, 3.05) is 23.3 Å². The van der Waals surface area contributed by atoms with Gasteiger partial charge in [0.25, 0.3) is 0 Å². The van der Waals surface area contributed by atoms with Gasteiger partial charge in [-0.3, -0.25) is 0 Å². The second-order valence-corrected chi connectivity index (χ2v) is 8.81. The van der Waals surface area contributed by atoms with Crippen molar-refractivity contribution in [3.63, 3.8) is 0 Å². The van der Waals surface area contributed by atoms with Crippen LogP contribution in [0.15, 0.2) is 4.90 Å². The fourth-order valence-corrected chi connectivity index (χ4v) is 5.14. The third-order valence-corrected chi connectivity index (χ3v) is 7.48. The zero-order chi connectivity index (χ0) is 15.7. The first-order chi connectivity index (χ1) is 9.89. The Morgan fingerprint density at radius 1 is 1.43 bits per heavy atom. The Morgan fingerprint density at radius 2 is 2.10 bits per heavy atom. The molecule has 0 radical (unpaired) electrons. The number of nitrogen functional groups attached to an aromatic ring is 1. The van der Waals surface area contributed by atoms with E-state index in [4.69, 9.17) is 11.0 Å². The normalized spacial score (nSPS) is 17.0. The molecule has 1 aliphatic carbocycles. The molecule has 0 atom stereocenters. The standard InChI is InChI=1S/C14H21N3O2S2/c1-3-14(6-5-7-14)9-17-13-12(21(18,19)4-2)11(16)10(8-15)20-13/h17H,3-7,9,16H2,1-2H3. The smallest absolute Gasteiger partial charge is 0.183 e. The number of nitriles is 1. The number of anilines is 2. The molecule has 21 heavy (non-hydrogen) atoms. The SMILES string of the molecule is CCC1(CNc2sc(C#N)c(N)c2S(=O)(=O)CC)CCC1. The van der Waals surface area contributed by atoms with Crippen LogP contribution >= 0.6 is 11.3 Å². The Labute approximate surface area is 130 Å². The molecule has 1 saturated carbocycles. The van der Waals surface area contributed by atoms with E-state index in [1.54, 1.807) is 6.92 Å². The van der Waals surface area contributed by atoms with Crippen molar-refractivity contribution in [2.45, 2.75) is 44.4 Å². The molecule has 1 heterocycles. The van der Waals surface area contributed by atoms with Gasteiger partial charge in [-0.1, -0.05) is 20.3 Å². The van der Waals surface area contributed by atoms with Gasteiger partial charge in [-0.25, -0.2) is 8.42 Å². The minimum Gasteiger partial charge on any atom is -0.396 e. The molecule has 0 amide bonds. The largest absolute Gasteiger partial charge is 0.396 e. The maximum Gasteiger partial charge on any atom is 0.183 e.